The zero-order chi connectivity index (χ0) is 17.1. The van der Waals surface area contributed by atoms with Gasteiger partial charge >= 0.3 is 0 Å². The minimum absolute atomic E-state index is 0.229. The molecule has 2 amide bonds. The van der Waals surface area contributed by atoms with E-state index >= 15 is 0 Å². The van der Waals surface area contributed by atoms with Gasteiger partial charge in [0.2, 0.25) is 11.8 Å². The number of carbonyl (C=O) groups is 2. The number of benzene rings is 1. The van der Waals surface area contributed by atoms with Gasteiger partial charge in [0, 0.05) is 35.9 Å². The molecule has 0 aliphatic carbocycles. The average molecular weight is 318 g/mol. The lowest BCUT2D eigenvalue weighted by atomic mass is 9.90. The van der Waals surface area contributed by atoms with Crippen LogP contribution in [-0.2, 0) is 0 Å². The van der Waals surface area contributed by atoms with Gasteiger partial charge < -0.3 is 11.5 Å². The molecule has 0 unspecified atom stereocenters. The standard InChI is InChI=1S/C18H14N4O2/c19-17(23)15-10-16(18(20)24)14(12-3-7-22-8-4-12)9-13(15)11-1-5-21-6-2-11/h1-10H,(H2,19,23)(H2,20,24). The highest BCUT2D eigenvalue weighted by molar-refractivity contribution is 6.07. The molecule has 0 aliphatic heterocycles. The minimum atomic E-state index is -0.634. The fraction of sp³-hybridized carbons (Fsp3) is 0. The van der Waals surface area contributed by atoms with Gasteiger partial charge in [0.1, 0.15) is 0 Å². The third-order valence-electron chi connectivity index (χ3n) is 3.67. The molecule has 24 heavy (non-hydrogen) atoms. The van der Waals surface area contributed by atoms with E-state index in [0.29, 0.717) is 11.1 Å². The first-order valence-electron chi connectivity index (χ1n) is 7.16. The van der Waals surface area contributed by atoms with Gasteiger partial charge in [-0.15, -0.1) is 0 Å². The molecule has 1 aromatic carbocycles. The molecule has 0 saturated heterocycles. The molecule has 0 bridgehead atoms. The topological polar surface area (TPSA) is 112 Å². The second-order valence-corrected chi connectivity index (χ2v) is 5.14. The number of primary amides is 2. The van der Waals surface area contributed by atoms with Gasteiger partial charge in [0.25, 0.3) is 0 Å². The molecule has 0 saturated carbocycles. The van der Waals surface area contributed by atoms with Crippen LogP contribution in [0.3, 0.4) is 0 Å². The van der Waals surface area contributed by atoms with Crippen LogP contribution in [0.15, 0.2) is 61.2 Å². The molecule has 118 valence electrons. The molecular weight excluding hydrogens is 304 g/mol. The first-order valence-corrected chi connectivity index (χ1v) is 7.16. The number of carbonyl (C=O) groups excluding carboxylic acids is 2. The lowest BCUT2D eigenvalue weighted by molar-refractivity contribution is 0.0999. The Morgan fingerprint density at radius 1 is 0.667 bits per heavy atom. The summed E-state index contributed by atoms with van der Waals surface area (Å²) in [6.07, 6.45) is 6.48. The summed E-state index contributed by atoms with van der Waals surface area (Å²) < 4.78 is 0. The predicted molar refractivity (Wildman–Crippen MR) is 89.9 cm³/mol. The van der Waals surface area contributed by atoms with Crippen molar-refractivity contribution in [2.75, 3.05) is 0 Å². The van der Waals surface area contributed by atoms with Crippen LogP contribution < -0.4 is 11.5 Å². The number of hydrogen-bond donors (Lipinski definition) is 2. The van der Waals surface area contributed by atoms with Crippen molar-refractivity contribution in [3.8, 4) is 22.3 Å². The van der Waals surface area contributed by atoms with E-state index in [0.717, 1.165) is 11.1 Å². The first kappa shape index (κ1) is 15.4. The van der Waals surface area contributed by atoms with E-state index in [-0.39, 0.29) is 11.1 Å². The van der Waals surface area contributed by atoms with Crippen molar-refractivity contribution < 1.29 is 9.59 Å². The molecule has 2 aromatic heterocycles. The summed E-state index contributed by atoms with van der Waals surface area (Å²) in [6, 6.07) is 10.2. The Hall–Kier alpha value is -3.54. The molecule has 0 aliphatic rings. The summed E-state index contributed by atoms with van der Waals surface area (Å²) in [5.74, 6) is -1.27. The fourth-order valence-corrected chi connectivity index (χ4v) is 2.55. The third-order valence-corrected chi connectivity index (χ3v) is 3.67. The van der Waals surface area contributed by atoms with Gasteiger partial charge in [-0.3, -0.25) is 19.6 Å². The minimum Gasteiger partial charge on any atom is -0.366 e. The maximum absolute atomic E-state index is 11.9. The van der Waals surface area contributed by atoms with Gasteiger partial charge in [0.15, 0.2) is 0 Å². The highest BCUT2D eigenvalue weighted by Gasteiger charge is 2.18. The normalized spacial score (nSPS) is 10.3. The van der Waals surface area contributed by atoms with Crippen molar-refractivity contribution >= 4 is 11.8 Å². The number of amides is 2. The van der Waals surface area contributed by atoms with Gasteiger partial charge in [0.05, 0.1) is 0 Å². The van der Waals surface area contributed by atoms with E-state index in [1.165, 1.54) is 6.07 Å². The lowest BCUT2D eigenvalue weighted by Gasteiger charge is -2.14. The highest BCUT2D eigenvalue weighted by Crippen LogP contribution is 2.32. The Kier molecular flexibility index (Phi) is 4.03. The third kappa shape index (κ3) is 2.85. The molecule has 0 atom stereocenters. The zero-order valence-electron chi connectivity index (χ0n) is 12.6. The molecule has 3 aromatic rings. The number of hydrogen-bond acceptors (Lipinski definition) is 4. The number of pyridine rings is 2. The van der Waals surface area contributed by atoms with Crippen LogP contribution in [0.5, 0.6) is 0 Å². The van der Waals surface area contributed by atoms with Crippen LogP contribution >= 0.6 is 0 Å². The molecule has 6 heteroatoms. The Labute approximate surface area is 138 Å². The Morgan fingerprint density at radius 3 is 1.38 bits per heavy atom. The summed E-state index contributed by atoms with van der Waals surface area (Å²) in [6.45, 7) is 0. The fourth-order valence-electron chi connectivity index (χ4n) is 2.55. The second-order valence-electron chi connectivity index (χ2n) is 5.14. The summed E-state index contributed by atoms with van der Waals surface area (Å²) in [4.78, 5) is 31.7. The van der Waals surface area contributed by atoms with Crippen molar-refractivity contribution in [3.05, 3.63) is 72.3 Å². The highest BCUT2D eigenvalue weighted by atomic mass is 16.1. The van der Waals surface area contributed by atoms with E-state index in [4.69, 9.17) is 11.5 Å². The van der Waals surface area contributed by atoms with Gasteiger partial charge in [-0.1, -0.05) is 0 Å². The first-order chi connectivity index (χ1) is 11.6. The van der Waals surface area contributed by atoms with Crippen LogP contribution in [0.4, 0.5) is 0 Å². The average Bonchev–Trinajstić information content (AvgIpc) is 2.62. The van der Waals surface area contributed by atoms with Crippen LogP contribution in [0, 0.1) is 0 Å². The van der Waals surface area contributed by atoms with Crippen molar-refractivity contribution in [2.45, 2.75) is 0 Å². The Bertz CT molecular complexity index is 836. The summed E-state index contributed by atoms with van der Waals surface area (Å²) in [7, 11) is 0. The van der Waals surface area contributed by atoms with Crippen LogP contribution in [0.2, 0.25) is 0 Å². The van der Waals surface area contributed by atoms with Crippen molar-refractivity contribution in [1.82, 2.24) is 9.97 Å². The van der Waals surface area contributed by atoms with Gasteiger partial charge in [-0.05, 0) is 58.7 Å². The second kappa shape index (κ2) is 6.29. The maximum atomic E-state index is 11.9. The molecular formula is C18H14N4O2. The smallest absolute Gasteiger partial charge is 0.249 e. The van der Waals surface area contributed by atoms with Gasteiger partial charge in [-0.25, -0.2) is 0 Å². The van der Waals surface area contributed by atoms with Crippen molar-refractivity contribution in [3.63, 3.8) is 0 Å². The molecule has 0 fully saturated rings. The summed E-state index contributed by atoms with van der Waals surface area (Å²) >= 11 is 0. The number of aromatic nitrogens is 2. The Morgan fingerprint density at radius 2 is 1.04 bits per heavy atom. The molecule has 2 heterocycles. The van der Waals surface area contributed by atoms with E-state index in [1.807, 2.05) is 0 Å². The zero-order valence-corrected chi connectivity index (χ0v) is 12.6. The van der Waals surface area contributed by atoms with Crippen molar-refractivity contribution in [1.29, 1.82) is 0 Å². The van der Waals surface area contributed by atoms with E-state index in [2.05, 4.69) is 9.97 Å². The van der Waals surface area contributed by atoms with E-state index in [9.17, 15) is 9.59 Å². The number of nitrogens with zero attached hydrogens (tertiary/aromatic N) is 2. The van der Waals surface area contributed by atoms with Crippen molar-refractivity contribution in [2.24, 2.45) is 11.5 Å². The number of nitrogens with two attached hydrogens (primary N) is 2. The molecule has 4 N–H and O–H groups in total. The monoisotopic (exact) mass is 318 g/mol. The quantitative estimate of drug-likeness (QED) is 0.766. The molecule has 0 spiro atoms. The van der Waals surface area contributed by atoms with Crippen LogP contribution in [0.1, 0.15) is 20.7 Å². The molecule has 3 rings (SSSR count). The summed E-state index contributed by atoms with van der Waals surface area (Å²) in [5, 5.41) is 0. The van der Waals surface area contributed by atoms with E-state index < -0.39 is 11.8 Å². The predicted octanol–water partition coefficient (Wildman–Crippen LogP) is 2.01. The SMILES string of the molecule is NC(=O)c1cc(C(N)=O)c(-c2ccncc2)cc1-c1ccncc1. The van der Waals surface area contributed by atoms with Crippen LogP contribution in [0.25, 0.3) is 22.3 Å². The maximum Gasteiger partial charge on any atom is 0.249 e. The largest absolute Gasteiger partial charge is 0.366 e. The lowest BCUT2D eigenvalue weighted by Crippen LogP contribution is -2.17. The van der Waals surface area contributed by atoms with Crippen LogP contribution in [-0.4, -0.2) is 21.8 Å². The van der Waals surface area contributed by atoms with E-state index in [1.54, 1.807) is 55.1 Å². The molecule has 0 radical (unpaired) electrons. The Balaban J connectivity index is 2.33. The number of rotatable bonds is 4. The summed E-state index contributed by atoms with van der Waals surface area (Å²) in [5.41, 5.74) is 14.2. The molecule has 6 nitrogen and oxygen atoms in total. The van der Waals surface area contributed by atoms with Gasteiger partial charge in [-0.2, -0.15) is 0 Å².